The Morgan fingerprint density at radius 1 is 1.31 bits per heavy atom. The molecule has 0 unspecified atom stereocenters. The Morgan fingerprint density at radius 3 is 2.31 bits per heavy atom. The van der Waals surface area contributed by atoms with Crippen molar-refractivity contribution in [1.82, 2.24) is 0 Å². The van der Waals surface area contributed by atoms with Gasteiger partial charge >= 0.3 is 5.97 Å². The minimum absolute atomic E-state index is 0.207. The molecule has 0 amide bonds. The van der Waals surface area contributed by atoms with Crippen molar-refractivity contribution in [2.75, 3.05) is 0 Å². The molecule has 0 atom stereocenters. The van der Waals surface area contributed by atoms with Gasteiger partial charge in [0.1, 0.15) is 0 Å². The van der Waals surface area contributed by atoms with Gasteiger partial charge in [0.2, 0.25) is 0 Å². The molecule has 1 aliphatic rings. The van der Waals surface area contributed by atoms with Crippen LogP contribution < -0.4 is 0 Å². The number of phenols is 2. The fourth-order valence-corrected chi connectivity index (χ4v) is 2.02. The van der Waals surface area contributed by atoms with Crippen LogP contribution in [0, 0.1) is 5.82 Å². The Kier molecular flexibility index (Phi) is 2.26. The first-order valence-electron chi connectivity index (χ1n) is 4.93. The van der Waals surface area contributed by atoms with Crippen molar-refractivity contribution in [2.45, 2.75) is 24.7 Å². The molecule has 1 aromatic carbocycles. The van der Waals surface area contributed by atoms with Crippen molar-refractivity contribution >= 4 is 5.97 Å². The average Bonchev–Trinajstić information content (AvgIpc) is 2.11. The van der Waals surface area contributed by atoms with Crippen molar-refractivity contribution in [3.05, 3.63) is 23.5 Å². The summed E-state index contributed by atoms with van der Waals surface area (Å²) in [6, 6.07) is 2.09. The number of hydrogen-bond donors (Lipinski definition) is 3. The normalized spacial score (nSPS) is 17.8. The third-order valence-corrected chi connectivity index (χ3v) is 3.21. The predicted octanol–water partition coefficient (Wildman–Crippen LogP) is 1.74. The minimum atomic E-state index is -1.11. The highest BCUT2D eigenvalue weighted by Crippen LogP contribution is 2.46. The lowest BCUT2D eigenvalue weighted by Crippen LogP contribution is -2.42. The monoisotopic (exact) mass is 226 g/mol. The summed E-state index contributed by atoms with van der Waals surface area (Å²) in [6.45, 7) is 0. The van der Waals surface area contributed by atoms with E-state index >= 15 is 0 Å². The lowest BCUT2D eigenvalue weighted by atomic mass is 9.64. The quantitative estimate of drug-likeness (QED) is 0.671. The summed E-state index contributed by atoms with van der Waals surface area (Å²) in [5.41, 5.74) is -0.898. The highest BCUT2D eigenvalue weighted by atomic mass is 19.1. The van der Waals surface area contributed by atoms with Crippen LogP contribution in [0.1, 0.15) is 24.8 Å². The molecule has 1 saturated carbocycles. The van der Waals surface area contributed by atoms with Crippen molar-refractivity contribution in [1.29, 1.82) is 0 Å². The fourth-order valence-electron chi connectivity index (χ4n) is 2.02. The molecule has 5 heteroatoms. The highest BCUT2D eigenvalue weighted by Gasteiger charge is 2.46. The molecule has 0 saturated heterocycles. The maximum Gasteiger partial charge on any atom is 0.314 e. The van der Waals surface area contributed by atoms with Crippen molar-refractivity contribution in [3.8, 4) is 11.5 Å². The fraction of sp³-hybridized carbons (Fsp3) is 0.364. The van der Waals surface area contributed by atoms with Crippen LogP contribution in [-0.4, -0.2) is 21.3 Å². The third kappa shape index (κ3) is 1.31. The molecule has 3 N–H and O–H groups in total. The molecule has 2 rings (SSSR count). The van der Waals surface area contributed by atoms with Gasteiger partial charge in [-0.1, -0.05) is 6.42 Å². The summed E-state index contributed by atoms with van der Waals surface area (Å²) in [7, 11) is 0. The van der Waals surface area contributed by atoms with Gasteiger partial charge in [-0.05, 0) is 30.5 Å². The molecule has 1 aromatic rings. The van der Waals surface area contributed by atoms with E-state index in [-0.39, 0.29) is 5.56 Å². The van der Waals surface area contributed by atoms with Crippen LogP contribution in [0.3, 0.4) is 0 Å². The van der Waals surface area contributed by atoms with E-state index in [0.717, 1.165) is 18.6 Å². The molecular weight excluding hydrogens is 215 g/mol. The molecule has 0 radical (unpaired) electrons. The Balaban J connectivity index is 2.52. The SMILES string of the molecule is O=C(O)C1(c2cc(O)c(O)c(F)c2)CCC1. The van der Waals surface area contributed by atoms with Crippen LogP contribution in [0.25, 0.3) is 0 Å². The third-order valence-electron chi connectivity index (χ3n) is 3.21. The Labute approximate surface area is 91.0 Å². The molecule has 1 fully saturated rings. The van der Waals surface area contributed by atoms with Gasteiger partial charge in [0, 0.05) is 0 Å². The van der Waals surface area contributed by atoms with E-state index in [1.54, 1.807) is 0 Å². The smallest absolute Gasteiger partial charge is 0.314 e. The second kappa shape index (κ2) is 3.37. The molecule has 16 heavy (non-hydrogen) atoms. The van der Waals surface area contributed by atoms with E-state index in [1.807, 2.05) is 0 Å². The molecule has 0 heterocycles. The number of rotatable bonds is 2. The number of carboxylic acid groups (broad SMARTS) is 1. The minimum Gasteiger partial charge on any atom is -0.504 e. The van der Waals surface area contributed by atoms with E-state index in [4.69, 9.17) is 10.2 Å². The van der Waals surface area contributed by atoms with E-state index in [0.29, 0.717) is 12.8 Å². The van der Waals surface area contributed by atoms with Gasteiger partial charge in [-0.3, -0.25) is 4.79 Å². The van der Waals surface area contributed by atoms with Gasteiger partial charge < -0.3 is 15.3 Å². The molecular formula is C11H11FO4. The number of carboxylic acids is 1. The first kappa shape index (κ1) is 10.7. The average molecular weight is 226 g/mol. The number of hydrogen-bond acceptors (Lipinski definition) is 3. The number of halogens is 1. The molecule has 1 aliphatic carbocycles. The first-order valence-corrected chi connectivity index (χ1v) is 4.93. The van der Waals surface area contributed by atoms with Crippen molar-refractivity contribution < 1.29 is 24.5 Å². The first-order chi connectivity index (χ1) is 7.47. The molecule has 4 nitrogen and oxygen atoms in total. The maximum absolute atomic E-state index is 13.2. The largest absolute Gasteiger partial charge is 0.504 e. The van der Waals surface area contributed by atoms with Gasteiger partial charge in [-0.15, -0.1) is 0 Å². The van der Waals surface area contributed by atoms with Gasteiger partial charge in [0.15, 0.2) is 17.3 Å². The lowest BCUT2D eigenvalue weighted by Gasteiger charge is -2.38. The zero-order valence-corrected chi connectivity index (χ0v) is 8.40. The summed E-state index contributed by atoms with van der Waals surface area (Å²) < 4.78 is 13.2. The van der Waals surface area contributed by atoms with Gasteiger partial charge in [-0.2, -0.15) is 0 Å². The number of aromatic hydroxyl groups is 2. The summed E-state index contributed by atoms with van der Waals surface area (Å²) in [5.74, 6) is -3.49. The van der Waals surface area contributed by atoms with Crippen LogP contribution in [0.5, 0.6) is 11.5 Å². The topological polar surface area (TPSA) is 77.8 Å². The maximum atomic E-state index is 13.2. The van der Waals surface area contributed by atoms with Crippen LogP contribution in [0.2, 0.25) is 0 Å². The Morgan fingerprint density at radius 2 is 1.94 bits per heavy atom. The van der Waals surface area contributed by atoms with Crippen LogP contribution in [0.15, 0.2) is 12.1 Å². The Bertz CT molecular complexity index is 428. The van der Waals surface area contributed by atoms with Gasteiger partial charge in [0.05, 0.1) is 5.41 Å². The predicted molar refractivity (Wildman–Crippen MR) is 52.9 cm³/mol. The Hall–Kier alpha value is -1.78. The second-order valence-corrected chi connectivity index (χ2v) is 4.07. The molecule has 0 aromatic heterocycles. The molecule has 86 valence electrons. The lowest BCUT2D eigenvalue weighted by molar-refractivity contribution is -0.147. The number of phenolic OH excluding ortho intramolecular Hbond substituents is 2. The summed E-state index contributed by atoms with van der Waals surface area (Å²) in [4.78, 5) is 11.1. The zero-order chi connectivity index (χ0) is 11.9. The second-order valence-electron chi connectivity index (χ2n) is 4.07. The van der Waals surface area contributed by atoms with Crippen LogP contribution in [0.4, 0.5) is 4.39 Å². The number of benzene rings is 1. The highest BCUT2D eigenvalue weighted by molar-refractivity contribution is 5.83. The van der Waals surface area contributed by atoms with Crippen LogP contribution in [-0.2, 0) is 10.2 Å². The van der Waals surface area contributed by atoms with E-state index < -0.39 is 28.7 Å². The number of aliphatic carboxylic acids is 1. The van der Waals surface area contributed by atoms with Crippen molar-refractivity contribution in [2.24, 2.45) is 0 Å². The van der Waals surface area contributed by atoms with Crippen LogP contribution >= 0.6 is 0 Å². The standard InChI is InChI=1S/C11H11FO4/c12-7-4-6(5-8(13)9(7)14)11(10(15)16)2-1-3-11/h4-5,13-14H,1-3H2,(H,15,16). The summed E-state index contributed by atoms with van der Waals surface area (Å²) in [5, 5.41) is 27.4. The van der Waals surface area contributed by atoms with Gasteiger partial charge in [-0.25, -0.2) is 4.39 Å². The number of carbonyl (C=O) groups is 1. The molecule has 0 bridgehead atoms. The summed E-state index contributed by atoms with van der Waals surface area (Å²) >= 11 is 0. The van der Waals surface area contributed by atoms with Crippen molar-refractivity contribution in [3.63, 3.8) is 0 Å². The summed E-state index contributed by atoms with van der Waals surface area (Å²) in [6.07, 6.45) is 1.60. The zero-order valence-electron chi connectivity index (χ0n) is 8.40. The van der Waals surface area contributed by atoms with E-state index in [2.05, 4.69) is 0 Å². The molecule has 0 aliphatic heterocycles. The van der Waals surface area contributed by atoms with E-state index in [9.17, 15) is 14.3 Å². The molecule has 0 spiro atoms. The van der Waals surface area contributed by atoms with Gasteiger partial charge in [0.25, 0.3) is 0 Å². The van der Waals surface area contributed by atoms with E-state index in [1.165, 1.54) is 0 Å².